The Hall–Kier alpha value is -2.82. The van der Waals surface area contributed by atoms with Crippen LogP contribution >= 0.6 is 0 Å². The third-order valence-corrected chi connectivity index (χ3v) is 4.30. The Kier molecular flexibility index (Phi) is 4.98. The number of nitrogens with one attached hydrogen (secondary N) is 2. The molecule has 0 aliphatic rings. The van der Waals surface area contributed by atoms with Crippen molar-refractivity contribution in [2.75, 3.05) is 11.9 Å². The van der Waals surface area contributed by atoms with E-state index < -0.39 is 0 Å². The van der Waals surface area contributed by atoms with Crippen molar-refractivity contribution in [2.45, 2.75) is 39.7 Å². The van der Waals surface area contributed by atoms with Crippen LogP contribution in [0.2, 0.25) is 0 Å². The number of hydrogen-bond acceptors (Lipinski definition) is 4. The fourth-order valence-electron chi connectivity index (χ4n) is 2.77. The topological polar surface area (TPSA) is 67.0 Å². The van der Waals surface area contributed by atoms with Crippen LogP contribution in [0.1, 0.15) is 38.8 Å². The number of H-pyrrole nitrogens is 1. The molecular weight excluding hydrogens is 326 g/mol. The zero-order valence-corrected chi connectivity index (χ0v) is 15.7. The second kappa shape index (κ2) is 7.20. The Morgan fingerprint density at radius 3 is 2.62 bits per heavy atom. The molecule has 0 saturated carbocycles. The number of hydrogen-bond donors (Lipinski definition) is 2. The van der Waals surface area contributed by atoms with E-state index in [1.165, 1.54) is 5.56 Å². The predicted molar refractivity (Wildman–Crippen MR) is 106 cm³/mol. The zero-order chi connectivity index (χ0) is 18.7. The number of anilines is 1. The van der Waals surface area contributed by atoms with Gasteiger partial charge in [0.1, 0.15) is 0 Å². The quantitative estimate of drug-likeness (QED) is 0.722. The monoisotopic (exact) mass is 351 g/mol. The first-order valence-electron chi connectivity index (χ1n) is 8.86. The first-order valence-corrected chi connectivity index (χ1v) is 8.86. The van der Waals surface area contributed by atoms with E-state index in [1.54, 1.807) is 6.20 Å². The van der Waals surface area contributed by atoms with Gasteiger partial charge in [-0.15, -0.1) is 0 Å². The van der Waals surface area contributed by atoms with Crippen LogP contribution in [0.4, 0.5) is 5.69 Å². The molecule has 26 heavy (non-hydrogen) atoms. The van der Waals surface area contributed by atoms with Gasteiger partial charge in [0.25, 0.3) is 5.56 Å². The molecule has 0 aliphatic heterocycles. The van der Waals surface area contributed by atoms with Crippen molar-refractivity contribution in [3.8, 4) is 5.88 Å². The van der Waals surface area contributed by atoms with Crippen LogP contribution < -0.4 is 15.6 Å². The lowest BCUT2D eigenvalue weighted by Gasteiger charge is -2.19. The maximum absolute atomic E-state index is 12.3. The lowest BCUT2D eigenvalue weighted by Crippen LogP contribution is -2.16. The van der Waals surface area contributed by atoms with Crippen molar-refractivity contribution in [2.24, 2.45) is 0 Å². The Morgan fingerprint density at radius 2 is 1.96 bits per heavy atom. The summed E-state index contributed by atoms with van der Waals surface area (Å²) in [7, 11) is 0. The minimum Gasteiger partial charge on any atom is -0.478 e. The van der Waals surface area contributed by atoms with Crippen LogP contribution in [-0.2, 0) is 12.0 Å². The maximum atomic E-state index is 12.3. The molecule has 3 rings (SSSR count). The van der Waals surface area contributed by atoms with E-state index in [9.17, 15) is 4.79 Å². The van der Waals surface area contributed by atoms with Crippen LogP contribution in [0, 0.1) is 0 Å². The molecule has 1 aromatic carbocycles. The Balaban J connectivity index is 1.82. The smallest absolute Gasteiger partial charge is 0.253 e. The van der Waals surface area contributed by atoms with Crippen molar-refractivity contribution in [1.29, 1.82) is 0 Å². The fourth-order valence-corrected chi connectivity index (χ4v) is 2.77. The summed E-state index contributed by atoms with van der Waals surface area (Å²) in [6.07, 6.45) is 1.71. The number of ether oxygens (including phenoxy) is 1. The van der Waals surface area contributed by atoms with Gasteiger partial charge >= 0.3 is 0 Å². The molecule has 5 heteroatoms. The zero-order valence-electron chi connectivity index (χ0n) is 15.7. The van der Waals surface area contributed by atoms with Crippen molar-refractivity contribution in [1.82, 2.24) is 9.97 Å². The Bertz CT molecular complexity index is 954. The van der Waals surface area contributed by atoms with Gasteiger partial charge < -0.3 is 15.0 Å². The van der Waals surface area contributed by atoms with Crippen LogP contribution in [0.15, 0.2) is 47.4 Å². The number of nitrogens with zero attached hydrogens (tertiary/aromatic N) is 1. The Labute approximate surface area is 153 Å². The van der Waals surface area contributed by atoms with Crippen LogP contribution in [-0.4, -0.2) is 16.6 Å². The molecule has 0 saturated heterocycles. The van der Waals surface area contributed by atoms with E-state index in [0.717, 1.165) is 16.6 Å². The van der Waals surface area contributed by atoms with Gasteiger partial charge in [-0.3, -0.25) is 4.79 Å². The van der Waals surface area contributed by atoms with E-state index in [4.69, 9.17) is 4.74 Å². The second-order valence-electron chi connectivity index (χ2n) is 7.35. The third kappa shape index (κ3) is 4.04. The predicted octanol–water partition coefficient (Wildman–Crippen LogP) is 4.23. The standard InChI is InChI=1S/C21H25N3O2/c1-5-26-19-9-7-17(13-23-19)22-12-15-10-14-11-16(21(2,3)4)6-8-18(14)24-20(15)25/h6-11,13,22H,5,12H2,1-4H3,(H,24,25). The van der Waals surface area contributed by atoms with Crippen LogP contribution in [0.25, 0.3) is 10.9 Å². The van der Waals surface area contributed by atoms with Crippen molar-refractivity contribution < 1.29 is 4.74 Å². The van der Waals surface area contributed by atoms with Gasteiger partial charge in [0, 0.05) is 23.7 Å². The number of benzene rings is 1. The average molecular weight is 351 g/mol. The summed E-state index contributed by atoms with van der Waals surface area (Å²) in [5.41, 5.74) is 3.62. The fraction of sp³-hybridized carbons (Fsp3) is 0.333. The van der Waals surface area contributed by atoms with Gasteiger partial charge in [0.05, 0.1) is 18.5 Å². The highest BCUT2D eigenvalue weighted by molar-refractivity contribution is 5.80. The number of fused-ring (bicyclic) bond motifs is 1. The minimum absolute atomic E-state index is 0.0662. The highest BCUT2D eigenvalue weighted by Crippen LogP contribution is 2.25. The first-order chi connectivity index (χ1) is 12.4. The summed E-state index contributed by atoms with van der Waals surface area (Å²) < 4.78 is 5.34. The first kappa shape index (κ1) is 18.0. The normalized spacial score (nSPS) is 11.5. The summed E-state index contributed by atoms with van der Waals surface area (Å²) >= 11 is 0. The molecular formula is C21H25N3O2. The number of aromatic amines is 1. The van der Waals surface area contributed by atoms with Gasteiger partial charge in [0.15, 0.2) is 0 Å². The maximum Gasteiger partial charge on any atom is 0.253 e. The highest BCUT2D eigenvalue weighted by Gasteiger charge is 2.14. The van der Waals surface area contributed by atoms with Gasteiger partial charge in [-0.05, 0) is 47.6 Å². The molecule has 136 valence electrons. The molecule has 0 aliphatic carbocycles. The molecule has 2 heterocycles. The molecule has 3 aromatic rings. The summed E-state index contributed by atoms with van der Waals surface area (Å²) in [5, 5.41) is 4.28. The van der Waals surface area contributed by atoms with Crippen molar-refractivity contribution in [3.63, 3.8) is 0 Å². The van der Waals surface area contributed by atoms with E-state index in [0.29, 0.717) is 24.6 Å². The molecule has 5 nitrogen and oxygen atoms in total. The average Bonchev–Trinajstić information content (AvgIpc) is 2.60. The number of pyridine rings is 2. The summed E-state index contributed by atoms with van der Waals surface area (Å²) in [6.45, 7) is 9.48. The molecule has 0 unspecified atom stereocenters. The van der Waals surface area contributed by atoms with E-state index in [1.807, 2.05) is 31.2 Å². The van der Waals surface area contributed by atoms with Gasteiger partial charge in [-0.2, -0.15) is 0 Å². The van der Waals surface area contributed by atoms with E-state index >= 15 is 0 Å². The van der Waals surface area contributed by atoms with Gasteiger partial charge in [-0.25, -0.2) is 4.98 Å². The summed E-state index contributed by atoms with van der Waals surface area (Å²) in [4.78, 5) is 19.5. The van der Waals surface area contributed by atoms with Gasteiger partial charge in [0.2, 0.25) is 5.88 Å². The lowest BCUT2D eigenvalue weighted by atomic mass is 9.86. The molecule has 0 bridgehead atoms. The second-order valence-corrected chi connectivity index (χ2v) is 7.35. The molecule has 0 fully saturated rings. The summed E-state index contributed by atoms with van der Waals surface area (Å²) in [5.74, 6) is 0.594. The molecule has 2 aromatic heterocycles. The van der Waals surface area contributed by atoms with E-state index in [2.05, 4.69) is 48.2 Å². The SMILES string of the molecule is CCOc1ccc(NCc2cc3cc(C(C)(C)C)ccc3[nH]c2=O)cn1. The van der Waals surface area contributed by atoms with Gasteiger partial charge in [-0.1, -0.05) is 26.8 Å². The van der Waals surface area contributed by atoms with Crippen LogP contribution in [0.5, 0.6) is 5.88 Å². The number of rotatable bonds is 5. The molecule has 2 N–H and O–H groups in total. The minimum atomic E-state index is -0.0765. The molecule has 0 amide bonds. The molecule has 0 spiro atoms. The largest absolute Gasteiger partial charge is 0.478 e. The molecule has 0 atom stereocenters. The summed E-state index contributed by atoms with van der Waals surface area (Å²) in [6, 6.07) is 11.9. The van der Waals surface area contributed by atoms with Crippen molar-refractivity contribution >= 4 is 16.6 Å². The van der Waals surface area contributed by atoms with Crippen molar-refractivity contribution in [3.05, 3.63) is 64.1 Å². The Morgan fingerprint density at radius 1 is 1.15 bits per heavy atom. The highest BCUT2D eigenvalue weighted by atomic mass is 16.5. The van der Waals surface area contributed by atoms with E-state index in [-0.39, 0.29) is 11.0 Å². The molecule has 0 radical (unpaired) electrons. The number of aromatic nitrogens is 2. The third-order valence-electron chi connectivity index (χ3n) is 4.30. The van der Waals surface area contributed by atoms with Crippen LogP contribution in [0.3, 0.4) is 0 Å². The lowest BCUT2D eigenvalue weighted by molar-refractivity contribution is 0.327.